The zero-order valence-electron chi connectivity index (χ0n) is 18.3. The van der Waals surface area contributed by atoms with E-state index in [2.05, 4.69) is 4.99 Å². The average Bonchev–Trinajstić information content (AvgIpc) is 2.78. The number of aliphatic imine (C=N–C) groups is 1. The zero-order chi connectivity index (χ0) is 22.8. The second-order valence-corrected chi connectivity index (χ2v) is 8.13. The summed E-state index contributed by atoms with van der Waals surface area (Å²) in [4.78, 5) is 42.3. The summed E-state index contributed by atoms with van der Waals surface area (Å²) in [6.45, 7) is 3.82. The monoisotopic (exact) mass is 430 g/mol. The molecular formula is C26H26N2O4. The highest BCUT2D eigenvalue weighted by Gasteiger charge is 2.44. The number of allylic oxidation sites excluding steroid dienone is 1. The third-order valence-corrected chi connectivity index (χ3v) is 6.18. The van der Waals surface area contributed by atoms with Crippen LogP contribution in [0.4, 0.5) is 0 Å². The highest BCUT2D eigenvalue weighted by atomic mass is 16.5. The topological polar surface area (TPSA) is 98.8 Å². The standard InChI is InChI=1S/C26H26N2O4/c1-3-32-26(31)22-15(2)28-20-9-6-10-21(29)24(20)23(22)19-8-5-4-7-18(19)16-11-13-17(14-12-16)25(27)30/h4-5,7-8,11-14,23-24H,3,6,9-10H2,1-2H3,(H2,27,30). The molecule has 2 N–H and O–H groups in total. The largest absolute Gasteiger partial charge is 0.463 e. The molecule has 0 saturated heterocycles. The van der Waals surface area contributed by atoms with E-state index in [1.807, 2.05) is 43.3 Å². The Bertz CT molecular complexity index is 1140. The van der Waals surface area contributed by atoms with Gasteiger partial charge >= 0.3 is 5.97 Å². The van der Waals surface area contributed by atoms with E-state index >= 15 is 0 Å². The molecule has 2 aliphatic rings. The number of nitrogens with two attached hydrogens (primary N) is 1. The summed E-state index contributed by atoms with van der Waals surface area (Å²) >= 11 is 0. The lowest BCUT2D eigenvalue weighted by Crippen LogP contribution is -2.39. The van der Waals surface area contributed by atoms with Crippen LogP contribution in [0.3, 0.4) is 0 Å². The average molecular weight is 431 g/mol. The maximum absolute atomic E-state index is 13.1. The van der Waals surface area contributed by atoms with Crippen LogP contribution in [0.2, 0.25) is 0 Å². The fourth-order valence-electron chi connectivity index (χ4n) is 4.78. The van der Waals surface area contributed by atoms with E-state index in [0.29, 0.717) is 23.3 Å². The fourth-order valence-corrected chi connectivity index (χ4v) is 4.78. The molecular weight excluding hydrogens is 404 g/mol. The number of ketones is 1. The number of rotatable bonds is 5. The Morgan fingerprint density at radius 3 is 2.47 bits per heavy atom. The first kappa shape index (κ1) is 21.7. The van der Waals surface area contributed by atoms with Crippen LogP contribution >= 0.6 is 0 Å². The van der Waals surface area contributed by atoms with Crippen molar-refractivity contribution in [3.05, 3.63) is 70.9 Å². The van der Waals surface area contributed by atoms with Gasteiger partial charge < -0.3 is 10.5 Å². The second-order valence-electron chi connectivity index (χ2n) is 8.13. The lowest BCUT2D eigenvalue weighted by molar-refractivity contribution is -0.139. The van der Waals surface area contributed by atoms with Crippen molar-refractivity contribution < 1.29 is 19.1 Å². The first-order valence-electron chi connectivity index (χ1n) is 10.9. The molecule has 6 heteroatoms. The molecule has 0 bridgehead atoms. The molecule has 1 aliphatic carbocycles. The molecule has 1 aliphatic heterocycles. The van der Waals surface area contributed by atoms with E-state index in [-0.39, 0.29) is 12.4 Å². The Kier molecular flexibility index (Phi) is 6.04. The van der Waals surface area contributed by atoms with Crippen molar-refractivity contribution in [1.82, 2.24) is 0 Å². The number of primary amides is 1. The van der Waals surface area contributed by atoms with Crippen molar-refractivity contribution in [2.75, 3.05) is 6.61 Å². The van der Waals surface area contributed by atoms with Gasteiger partial charge in [0.05, 0.1) is 18.1 Å². The number of fused-ring (bicyclic) bond motifs is 1. The maximum Gasteiger partial charge on any atom is 0.336 e. The molecule has 2 aromatic rings. The van der Waals surface area contributed by atoms with Crippen LogP contribution in [-0.4, -0.2) is 30.0 Å². The third kappa shape index (κ3) is 3.88. The van der Waals surface area contributed by atoms with Crippen LogP contribution < -0.4 is 5.73 Å². The number of nitrogens with zero attached hydrogens (tertiary/aromatic N) is 1. The Hall–Kier alpha value is -3.54. The quantitative estimate of drug-likeness (QED) is 0.719. The summed E-state index contributed by atoms with van der Waals surface area (Å²) in [6.07, 6.45) is 2.00. The fraction of sp³-hybridized carbons (Fsp3) is 0.308. The van der Waals surface area contributed by atoms with Crippen LogP contribution in [-0.2, 0) is 14.3 Å². The molecule has 1 fully saturated rings. The summed E-state index contributed by atoms with van der Waals surface area (Å²) in [6, 6.07) is 14.8. The van der Waals surface area contributed by atoms with Crippen LogP contribution in [0.15, 0.2) is 64.8 Å². The predicted molar refractivity (Wildman–Crippen MR) is 122 cm³/mol. The maximum atomic E-state index is 13.1. The van der Waals surface area contributed by atoms with Crippen LogP contribution in [0.25, 0.3) is 11.1 Å². The summed E-state index contributed by atoms with van der Waals surface area (Å²) < 4.78 is 5.38. The summed E-state index contributed by atoms with van der Waals surface area (Å²) in [5.74, 6) is -1.77. The van der Waals surface area contributed by atoms with Gasteiger partial charge in [-0.3, -0.25) is 14.6 Å². The normalized spacial score (nSPS) is 20.4. The second kappa shape index (κ2) is 8.91. The molecule has 4 rings (SSSR count). The van der Waals surface area contributed by atoms with E-state index in [4.69, 9.17) is 10.5 Å². The van der Waals surface area contributed by atoms with Crippen molar-refractivity contribution in [3.63, 3.8) is 0 Å². The van der Waals surface area contributed by atoms with E-state index in [0.717, 1.165) is 35.2 Å². The molecule has 2 unspecified atom stereocenters. The number of carbonyl (C=O) groups excluding carboxylic acids is 3. The van der Waals surface area contributed by atoms with Crippen LogP contribution in [0.5, 0.6) is 0 Å². The van der Waals surface area contributed by atoms with Gasteiger partial charge in [-0.15, -0.1) is 0 Å². The lowest BCUT2D eigenvalue weighted by atomic mass is 9.68. The molecule has 2 atom stereocenters. The van der Waals surface area contributed by atoms with E-state index < -0.39 is 23.7 Å². The molecule has 1 heterocycles. The first-order chi connectivity index (χ1) is 15.4. The van der Waals surface area contributed by atoms with E-state index in [1.54, 1.807) is 19.1 Å². The molecule has 6 nitrogen and oxygen atoms in total. The van der Waals surface area contributed by atoms with Gasteiger partial charge in [-0.05, 0) is 55.5 Å². The zero-order valence-corrected chi connectivity index (χ0v) is 18.3. The first-order valence-corrected chi connectivity index (χ1v) is 10.9. The highest BCUT2D eigenvalue weighted by molar-refractivity contribution is 6.11. The van der Waals surface area contributed by atoms with Gasteiger partial charge in [0.25, 0.3) is 0 Å². The summed E-state index contributed by atoms with van der Waals surface area (Å²) in [5.41, 5.74) is 10.3. The van der Waals surface area contributed by atoms with Gasteiger partial charge in [0.1, 0.15) is 5.78 Å². The Balaban J connectivity index is 1.89. The number of esters is 1. The van der Waals surface area contributed by atoms with Crippen molar-refractivity contribution in [2.24, 2.45) is 16.6 Å². The number of ether oxygens (including phenoxy) is 1. The molecule has 0 radical (unpaired) electrons. The van der Waals surface area contributed by atoms with Gasteiger partial charge in [0.15, 0.2) is 0 Å². The molecule has 0 aromatic heterocycles. The van der Waals surface area contributed by atoms with E-state index in [9.17, 15) is 14.4 Å². The van der Waals surface area contributed by atoms with Gasteiger partial charge in [0, 0.05) is 29.3 Å². The van der Waals surface area contributed by atoms with Crippen molar-refractivity contribution in [1.29, 1.82) is 0 Å². The third-order valence-electron chi connectivity index (χ3n) is 6.18. The SMILES string of the molecule is CCOC(=O)C1=C(C)N=C2CCCC(=O)C2C1c1ccccc1-c1ccc(C(N)=O)cc1. The molecule has 2 aromatic carbocycles. The van der Waals surface area contributed by atoms with Crippen molar-refractivity contribution in [2.45, 2.75) is 39.0 Å². The summed E-state index contributed by atoms with van der Waals surface area (Å²) in [7, 11) is 0. The molecule has 32 heavy (non-hydrogen) atoms. The minimum absolute atomic E-state index is 0.105. The van der Waals surface area contributed by atoms with Crippen LogP contribution in [0.1, 0.15) is 54.9 Å². The predicted octanol–water partition coefficient (Wildman–Crippen LogP) is 4.20. The lowest BCUT2D eigenvalue weighted by Gasteiger charge is -2.36. The van der Waals surface area contributed by atoms with Gasteiger partial charge in [-0.25, -0.2) is 4.79 Å². The minimum atomic E-state index is -0.492. The number of hydrogen-bond donors (Lipinski definition) is 1. The number of Topliss-reactive ketones (excluding diaryl/α,β-unsaturated/α-hetero) is 1. The number of benzene rings is 2. The van der Waals surface area contributed by atoms with Crippen molar-refractivity contribution >= 4 is 23.4 Å². The minimum Gasteiger partial charge on any atom is -0.463 e. The Morgan fingerprint density at radius 1 is 1.06 bits per heavy atom. The number of amides is 1. The van der Waals surface area contributed by atoms with Gasteiger partial charge in [-0.1, -0.05) is 36.4 Å². The van der Waals surface area contributed by atoms with E-state index in [1.165, 1.54) is 0 Å². The summed E-state index contributed by atoms with van der Waals surface area (Å²) in [5, 5.41) is 0. The Morgan fingerprint density at radius 2 is 1.78 bits per heavy atom. The molecule has 1 saturated carbocycles. The smallest absolute Gasteiger partial charge is 0.336 e. The van der Waals surface area contributed by atoms with Gasteiger partial charge in [-0.2, -0.15) is 0 Å². The molecule has 1 amide bonds. The number of hydrogen-bond acceptors (Lipinski definition) is 5. The molecule has 0 spiro atoms. The van der Waals surface area contributed by atoms with Crippen LogP contribution in [0, 0.1) is 5.92 Å². The van der Waals surface area contributed by atoms with Crippen molar-refractivity contribution in [3.8, 4) is 11.1 Å². The Labute approximate surface area is 187 Å². The number of carbonyl (C=O) groups is 3. The highest BCUT2D eigenvalue weighted by Crippen LogP contribution is 2.45. The molecule has 164 valence electrons. The van der Waals surface area contributed by atoms with Gasteiger partial charge in [0.2, 0.25) is 5.91 Å².